The quantitative estimate of drug-likeness (QED) is 0.528. The molecule has 0 aliphatic carbocycles. The summed E-state index contributed by atoms with van der Waals surface area (Å²) in [5.74, 6) is -1.57. The van der Waals surface area contributed by atoms with Crippen LogP contribution in [0.4, 0.5) is 8.78 Å². The van der Waals surface area contributed by atoms with Crippen molar-refractivity contribution in [2.75, 3.05) is 6.61 Å². The van der Waals surface area contributed by atoms with E-state index in [2.05, 4.69) is 6.58 Å². The molecule has 0 aliphatic heterocycles. The highest BCUT2D eigenvalue weighted by atomic mass is 19.1. The molecule has 0 atom stereocenters. The third kappa shape index (κ3) is 3.33. The lowest BCUT2D eigenvalue weighted by atomic mass is 10.1. The van der Waals surface area contributed by atoms with Crippen LogP contribution in [-0.4, -0.2) is 6.61 Å². The molecule has 0 fully saturated rings. The van der Waals surface area contributed by atoms with Gasteiger partial charge in [0.25, 0.3) is 0 Å². The molecular formula is C13H16F2O. The van der Waals surface area contributed by atoms with Crippen molar-refractivity contribution in [2.45, 2.75) is 26.2 Å². The van der Waals surface area contributed by atoms with Crippen LogP contribution in [0.1, 0.15) is 25.3 Å². The number of halogens is 2. The van der Waals surface area contributed by atoms with E-state index in [9.17, 15) is 8.78 Å². The summed E-state index contributed by atoms with van der Waals surface area (Å²) in [5, 5.41) is 0. The molecule has 0 spiro atoms. The molecule has 0 radical (unpaired) electrons. The molecule has 0 amide bonds. The van der Waals surface area contributed by atoms with E-state index in [4.69, 9.17) is 4.74 Å². The topological polar surface area (TPSA) is 9.23 Å². The Morgan fingerprint density at radius 3 is 2.44 bits per heavy atom. The van der Waals surface area contributed by atoms with E-state index in [0.717, 1.165) is 12.8 Å². The van der Waals surface area contributed by atoms with Gasteiger partial charge in [0.2, 0.25) is 0 Å². The standard InChI is InChI=1S/C13H16F2O/c1-3-5-7-16-13-11(14)8-10(6-4-2)9-12(13)15/h4,8-9H,2-3,5-7H2,1H3. The molecule has 0 saturated heterocycles. The number of ether oxygens (including phenoxy) is 1. The minimum atomic E-state index is -0.645. The predicted molar refractivity (Wildman–Crippen MR) is 60.7 cm³/mol. The lowest BCUT2D eigenvalue weighted by Crippen LogP contribution is -2.02. The fourth-order valence-corrected chi connectivity index (χ4v) is 1.35. The van der Waals surface area contributed by atoms with Gasteiger partial charge in [-0.25, -0.2) is 8.78 Å². The average Bonchev–Trinajstić information content (AvgIpc) is 2.23. The van der Waals surface area contributed by atoms with E-state index in [1.165, 1.54) is 12.1 Å². The third-order valence-corrected chi connectivity index (χ3v) is 2.18. The summed E-state index contributed by atoms with van der Waals surface area (Å²) in [4.78, 5) is 0. The van der Waals surface area contributed by atoms with Gasteiger partial charge in [0.05, 0.1) is 6.61 Å². The van der Waals surface area contributed by atoms with Crippen molar-refractivity contribution in [1.29, 1.82) is 0 Å². The van der Waals surface area contributed by atoms with Crippen LogP contribution in [0.25, 0.3) is 0 Å². The molecule has 0 aliphatic rings. The Morgan fingerprint density at radius 2 is 1.94 bits per heavy atom. The summed E-state index contributed by atoms with van der Waals surface area (Å²) in [6.45, 7) is 5.85. The highest BCUT2D eigenvalue weighted by Gasteiger charge is 2.11. The molecule has 1 rings (SSSR count). The van der Waals surface area contributed by atoms with E-state index < -0.39 is 11.6 Å². The number of hydrogen-bond donors (Lipinski definition) is 0. The fraction of sp³-hybridized carbons (Fsp3) is 0.385. The number of hydrogen-bond acceptors (Lipinski definition) is 1. The predicted octanol–water partition coefficient (Wildman–Crippen LogP) is 3.87. The monoisotopic (exact) mass is 226 g/mol. The van der Waals surface area contributed by atoms with Crippen molar-refractivity contribution in [1.82, 2.24) is 0 Å². The zero-order chi connectivity index (χ0) is 12.0. The van der Waals surface area contributed by atoms with Crippen LogP contribution in [0.2, 0.25) is 0 Å². The van der Waals surface area contributed by atoms with Gasteiger partial charge in [-0.2, -0.15) is 0 Å². The first kappa shape index (κ1) is 12.7. The van der Waals surface area contributed by atoms with Crippen molar-refractivity contribution >= 4 is 0 Å². The second kappa shape index (κ2) is 6.26. The van der Waals surface area contributed by atoms with E-state index in [1.54, 1.807) is 6.08 Å². The van der Waals surface area contributed by atoms with Gasteiger partial charge in [0.15, 0.2) is 17.4 Å². The Hall–Kier alpha value is -1.38. The van der Waals surface area contributed by atoms with Gasteiger partial charge >= 0.3 is 0 Å². The summed E-state index contributed by atoms with van der Waals surface area (Å²) in [6, 6.07) is 2.57. The molecule has 0 heterocycles. The van der Waals surface area contributed by atoms with Crippen molar-refractivity contribution in [2.24, 2.45) is 0 Å². The molecule has 1 aromatic carbocycles. The Balaban J connectivity index is 2.80. The highest BCUT2D eigenvalue weighted by molar-refractivity contribution is 5.32. The molecule has 1 aromatic rings. The first-order valence-corrected chi connectivity index (χ1v) is 5.40. The summed E-state index contributed by atoms with van der Waals surface area (Å²) in [5.41, 5.74) is 0.563. The van der Waals surface area contributed by atoms with Gasteiger partial charge in [-0.1, -0.05) is 19.4 Å². The van der Waals surface area contributed by atoms with Gasteiger partial charge in [0, 0.05) is 0 Å². The molecule has 0 saturated carbocycles. The molecule has 16 heavy (non-hydrogen) atoms. The molecule has 88 valence electrons. The second-order valence-corrected chi connectivity index (χ2v) is 3.58. The Bertz CT molecular complexity index is 338. The molecule has 3 heteroatoms. The summed E-state index contributed by atoms with van der Waals surface area (Å²) in [7, 11) is 0. The van der Waals surface area contributed by atoms with Gasteiger partial charge in [-0.3, -0.25) is 0 Å². The van der Waals surface area contributed by atoms with Crippen molar-refractivity contribution < 1.29 is 13.5 Å². The molecular weight excluding hydrogens is 210 g/mol. The first-order valence-electron chi connectivity index (χ1n) is 5.40. The zero-order valence-corrected chi connectivity index (χ0v) is 9.43. The maximum atomic E-state index is 13.5. The second-order valence-electron chi connectivity index (χ2n) is 3.58. The largest absolute Gasteiger partial charge is 0.488 e. The first-order chi connectivity index (χ1) is 7.69. The van der Waals surface area contributed by atoms with Gasteiger partial charge in [-0.15, -0.1) is 6.58 Å². The Labute approximate surface area is 94.7 Å². The fourth-order valence-electron chi connectivity index (χ4n) is 1.35. The molecule has 0 aromatic heterocycles. The van der Waals surface area contributed by atoms with E-state index in [1.807, 2.05) is 6.92 Å². The smallest absolute Gasteiger partial charge is 0.190 e. The highest BCUT2D eigenvalue weighted by Crippen LogP contribution is 2.23. The lowest BCUT2D eigenvalue weighted by molar-refractivity contribution is 0.278. The van der Waals surface area contributed by atoms with Crippen molar-refractivity contribution in [3.8, 4) is 5.75 Å². The van der Waals surface area contributed by atoms with Gasteiger partial charge in [0.1, 0.15) is 0 Å². The van der Waals surface area contributed by atoms with Gasteiger partial charge < -0.3 is 4.74 Å². The van der Waals surface area contributed by atoms with E-state index in [-0.39, 0.29) is 5.75 Å². The number of allylic oxidation sites excluding steroid dienone is 1. The Morgan fingerprint density at radius 1 is 1.31 bits per heavy atom. The van der Waals surface area contributed by atoms with Crippen LogP contribution < -0.4 is 4.74 Å². The summed E-state index contributed by atoms with van der Waals surface area (Å²) < 4.78 is 32.0. The van der Waals surface area contributed by atoms with Crippen molar-refractivity contribution in [3.05, 3.63) is 42.0 Å². The Kier molecular flexibility index (Phi) is 4.96. The number of unbranched alkanes of at least 4 members (excludes halogenated alkanes) is 1. The molecule has 1 nitrogen and oxygen atoms in total. The normalized spacial score (nSPS) is 10.2. The number of rotatable bonds is 6. The van der Waals surface area contributed by atoms with Crippen molar-refractivity contribution in [3.63, 3.8) is 0 Å². The van der Waals surface area contributed by atoms with Crippen LogP contribution in [0.3, 0.4) is 0 Å². The van der Waals surface area contributed by atoms with Crippen LogP contribution in [0.5, 0.6) is 5.75 Å². The summed E-state index contributed by atoms with van der Waals surface area (Å²) in [6.07, 6.45) is 3.76. The number of benzene rings is 1. The van der Waals surface area contributed by atoms with Gasteiger partial charge in [-0.05, 0) is 30.5 Å². The maximum absolute atomic E-state index is 13.5. The van der Waals surface area contributed by atoms with E-state index >= 15 is 0 Å². The third-order valence-electron chi connectivity index (χ3n) is 2.18. The molecule has 0 N–H and O–H groups in total. The maximum Gasteiger partial charge on any atom is 0.190 e. The minimum Gasteiger partial charge on any atom is -0.488 e. The van der Waals surface area contributed by atoms with E-state index in [0.29, 0.717) is 18.6 Å². The van der Waals surface area contributed by atoms with Crippen LogP contribution in [-0.2, 0) is 6.42 Å². The summed E-state index contributed by atoms with van der Waals surface area (Å²) >= 11 is 0. The van der Waals surface area contributed by atoms with Crippen LogP contribution in [0, 0.1) is 11.6 Å². The lowest BCUT2D eigenvalue weighted by Gasteiger charge is -2.09. The average molecular weight is 226 g/mol. The molecule has 0 unspecified atom stereocenters. The molecule has 0 bridgehead atoms. The van der Waals surface area contributed by atoms with Crippen LogP contribution >= 0.6 is 0 Å². The zero-order valence-electron chi connectivity index (χ0n) is 9.43. The minimum absolute atomic E-state index is 0.277. The van der Waals surface area contributed by atoms with Crippen LogP contribution in [0.15, 0.2) is 24.8 Å². The SMILES string of the molecule is C=CCc1cc(F)c(OCCCC)c(F)c1.